The lowest BCUT2D eigenvalue weighted by molar-refractivity contribution is -0.143. The van der Waals surface area contributed by atoms with Crippen LogP contribution < -0.4 is 0 Å². The fourth-order valence-corrected chi connectivity index (χ4v) is 2.95. The smallest absolute Gasteiger partial charge is 0.223 e. The normalized spacial score (nSPS) is 24.1. The average Bonchev–Trinajstić information content (AvgIpc) is 2.51. The molecule has 0 radical (unpaired) electrons. The van der Waals surface area contributed by atoms with Crippen molar-refractivity contribution >= 4 is 11.6 Å². The Morgan fingerprint density at radius 3 is 2.45 bits per heavy atom. The van der Waals surface area contributed by atoms with Crippen LogP contribution in [-0.4, -0.2) is 47.0 Å². The molecule has 1 aliphatic heterocycles. The van der Waals surface area contributed by atoms with Gasteiger partial charge in [0, 0.05) is 25.4 Å². The molecule has 1 saturated heterocycles. The highest BCUT2D eigenvalue weighted by Crippen LogP contribution is 2.23. The summed E-state index contributed by atoms with van der Waals surface area (Å²) < 4.78 is 5.67. The van der Waals surface area contributed by atoms with Gasteiger partial charge in [-0.25, -0.2) is 0 Å². The summed E-state index contributed by atoms with van der Waals surface area (Å²) in [6.45, 7) is 6.92. The predicted molar refractivity (Wildman–Crippen MR) is 85.3 cm³/mol. The van der Waals surface area contributed by atoms with Crippen molar-refractivity contribution in [2.75, 3.05) is 13.1 Å². The van der Waals surface area contributed by atoms with Crippen LogP contribution in [0.3, 0.4) is 0 Å². The van der Waals surface area contributed by atoms with Crippen LogP contribution in [0.4, 0.5) is 0 Å². The maximum Gasteiger partial charge on any atom is 0.223 e. The highest BCUT2D eigenvalue weighted by atomic mass is 16.5. The number of benzene rings is 1. The number of carbonyl (C=O) groups excluding carboxylic acids is 1. The monoisotopic (exact) mass is 304 g/mol. The van der Waals surface area contributed by atoms with Crippen molar-refractivity contribution in [1.29, 1.82) is 0 Å². The third-order valence-corrected chi connectivity index (χ3v) is 4.02. The lowest BCUT2D eigenvalue weighted by Gasteiger charge is -2.36. The minimum atomic E-state index is -0.202. The number of rotatable bonds is 4. The van der Waals surface area contributed by atoms with Gasteiger partial charge in [-0.05, 0) is 26.3 Å². The first-order valence-corrected chi connectivity index (χ1v) is 7.68. The van der Waals surface area contributed by atoms with Crippen molar-refractivity contribution < 1.29 is 14.7 Å². The van der Waals surface area contributed by atoms with Crippen LogP contribution in [0.5, 0.6) is 0 Å². The third-order valence-electron chi connectivity index (χ3n) is 4.02. The van der Waals surface area contributed by atoms with E-state index in [4.69, 9.17) is 9.94 Å². The molecule has 1 N–H and O–H groups in total. The highest BCUT2D eigenvalue weighted by molar-refractivity contribution is 5.93. The van der Waals surface area contributed by atoms with Crippen molar-refractivity contribution in [3.05, 3.63) is 35.9 Å². The lowest BCUT2D eigenvalue weighted by atomic mass is 9.91. The van der Waals surface area contributed by atoms with Crippen molar-refractivity contribution in [3.63, 3.8) is 0 Å². The topological polar surface area (TPSA) is 62.1 Å². The number of morpholine rings is 1. The molecule has 1 aliphatic rings. The molecule has 22 heavy (non-hydrogen) atoms. The second-order valence-corrected chi connectivity index (χ2v) is 5.96. The van der Waals surface area contributed by atoms with E-state index >= 15 is 0 Å². The van der Waals surface area contributed by atoms with E-state index in [0.717, 1.165) is 5.56 Å². The molecule has 5 heteroatoms. The predicted octanol–water partition coefficient (Wildman–Crippen LogP) is 2.65. The van der Waals surface area contributed by atoms with E-state index in [-0.39, 0.29) is 24.0 Å². The summed E-state index contributed by atoms with van der Waals surface area (Å²) in [7, 11) is 0. The van der Waals surface area contributed by atoms with Crippen molar-refractivity contribution in [1.82, 2.24) is 4.90 Å². The molecule has 1 aromatic rings. The van der Waals surface area contributed by atoms with Crippen LogP contribution >= 0.6 is 0 Å². The number of hydrogen-bond donors (Lipinski definition) is 1. The van der Waals surface area contributed by atoms with Gasteiger partial charge < -0.3 is 14.8 Å². The van der Waals surface area contributed by atoms with E-state index in [2.05, 4.69) is 5.16 Å². The van der Waals surface area contributed by atoms with Gasteiger partial charge in [0.2, 0.25) is 5.91 Å². The summed E-state index contributed by atoms with van der Waals surface area (Å²) >= 11 is 0. The zero-order valence-electron chi connectivity index (χ0n) is 13.4. The number of nitrogens with zero attached hydrogens (tertiary/aromatic N) is 2. The third kappa shape index (κ3) is 4.07. The molecule has 2 rings (SSSR count). The molecule has 3 atom stereocenters. The van der Waals surface area contributed by atoms with Gasteiger partial charge in [0.1, 0.15) is 0 Å². The molecule has 0 spiro atoms. The Kier molecular flexibility index (Phi) is 5.55. The Bertz CT molecular complexity index is 520. The molecule has 5 nitrogen and oxygen atoms in total. The molecule has 0 bridgehead atoms. The summed E-state index contributed by atoms with van der Waals surface area (Å²) in [4.78, 5) is 14.5. The minimum absolute atomic E-state index is 0.0514. The molecular weight excluding hydrogens is 280 g/mol. The van der Waals surface area contributed by atoms with Crippen LogP contribution in [0.15, 0.2) is 35.5 Å². The fraction of sp³-hybridized carbons (Fsp3) is 0.529. The number of oxime groups is 1. The van der Waals surface area contributed by atoms with Gasteiger partial charge in [-0.1, -0.05) is 35.5 Å². The second kappa shape index (κ2) is 7.40. The van der Waals surface area contributed by atoms with Crippen molar-refractivity contribution in [2.45, 2.75) is 45.3 Å². The number of ether oxygens (including phenoxy) is 1. The molecule has 1 aromatic carbocycles. The van der Waals surface area contributed by atoms with Gasteiger partial charge in [0.15, 0.2) is 0 Å². The number of carbonyl (C=O) groups is 1. The van der Waals surface area contributed by atoms with Crippen LogP contribution in [0.2, 0.25) is 0 Å². The van der Waals surface area contributed by atoms with Crippen LogP contribution in [0.1, 0.15) is 38.7 Å². The van der Waals surface area contributed by atoms with Gasteiger partial charge in [-0.3, -0.25) is 4.79 Å². The average molecular weight is 304 g/mol. The van der Waals surface area contributed by atoms with Gasteiger partial charge in [-0.2, -0.15) is 0 Å². The van der Waals surface area contributed by atoms with Gasteiger partial charge in [0.05, 0.1) is 17.9 Å². The molecule has 120 valence electrons. The van der Waals surface area contributed by atoms with Crippen LogP contribution in [0, 0.1) is 0 Å². The first kappa shape index (κ1) is 16.5. The first-order chi connectivity index (χ1) is 10.5. The molecule has 0 aliphatic carbocycles. The Labute approximate surface area is 131 Å². The summed E-state index contributed by atoms with van der Waals surface area (Å²) in [6.07, 6.45) is 0.408. The zero-order valence-corrected chi connectivity index (χ0v) is 13.4. The summed E-state index contributed by atoms with van der Waals surface area (Å²) in [6, 6.07) is 9.69. The molecule has 0 aromatic heterocycles. The van der Waals surface area contributed by atoms with E-state index in [9.17, 15) is 4.79 Å². The quantitative estimate of drug-likeness (QED) is 0.528. The van der Waals surface area contributed by atoms with Gasteiger partial charge in [-0.15, -0.1) is 0 Å². The van der Waals surface area contributed by atoms with E-state index in [1.807, 2.05) is 49.1 Å². The highest BCUT2D eigenvalue weighted by Gasteiger charge is 2.28. The molecule has 1 amide bonds. The van der Waals surface area contributed by atoms with E-state index in [1.165, 1.54) is 0 Å². The first-order valence-electron chi connectivity index (χ1n) is 7.68. The van der Waals surface area contributed by atoms with Gasteiger partial charge >= 0.3 is 0 Å². The maximum absolute atomic E-state index is 12.6. The number of hydrogen-bond acceptors (Lipinski definition) is 4. The Morgan fingerprint density at radius 2 is 1.91 bits per heavy atom. The Balaban J connectivity index is 2.12. The molecule has 1 unspecified atom stereocenters. The second-order valence-electron chi connectivity index (χ2n) is 5.96. The standard InChI is InChI=1S/C17H24N2O3/c1-12-10-19(11-13(2)22-12)17(20)9-16(14(3)18-21)15-7-5-4-6-8-15/h4-8,12-13,16,21H,9-11H2,1-3H3/b18-14+/t12-,13-,16?/m1/s1. The maximum atomic E-state index is 12.6. The molecule has 1 fully saturated rings. The SMILES string of the molecule is C/C(=N\O)C(CC(=O)N1C[C@@H](C)O[C@H](C)C1)c1ccccc1. The van der Waals surface area contributed by atoms with E-state index < -0.39 is 0 Å². The number of amides is 1. The summed E-state index contributed by atoms with van der Waals surface area (Å²) in [5.41, 5.74) is 1.54. The largest absolute Gasteiger partial charge is 0.411 e. The van der Waals surface area contributed by atoms with E-state index in [1.54, 1.807) is 6.92 Å². The minimum Gasteiger partial charge on any atom is -0.411 e. The molecule has 1 heterocycles. The Morgan fingerprint density at radius 1 is 1.32 bits per heavy atom. The van der Waals surface area contributed by atoms with Gasteiger partial charge in [0.25, 0.3) is 0 Å². The zero-order chi connectivity index (χ0) is 16.1. The summed E-state index contributed by atoms with van der Waals surface area (Å²) in [5.74, 6) is -0.133. The Hall–Kier alpha value is -1.88. The van der Waals surface area contributed by atoms with Crippen molar-refractivity contribution in [2.24, 2.45) is 5.16 Å². The molecule has 0 saturated carbocycles. The van der Waals surface area contributed by atoms with E-state index in [0.29, 0.717) is 25.2 Å². The molecular formula is C17H24N2O3. The van der Waals surface area contributed by atoms with Crippen LogP contribution in [-0.2, 0) is 9.53 Å². The lowest BCUT2D eigenvalue weighted by Crippen LogP contribution is -2.48. The van der Waals surface area contributed by atoms with Crippen LogP contribution in [0.25, 0.3) is 0 Å². The van der Waals surface area contributed by atoms with Crippen molar-refractivity contribution in [3.8, 4) is 0 Å². The fourth-order valence-electron chi connectivity index (χ4n) is 2.95. The summed E-state index contributed by atoms with van der Waals surface area (Å²) in [5, 5.41) is 12.4.